The number of esters is 1. The lowest BCUT2D eigenvalue weighted by Crippen LogP contribution is -2.59. The van der Waals surface area contributed by atoms with E-state index in [0.717, 1.165) is 31.3 Å². The number of ketones is 2. The van der Waals surface area contributed by atoms with Gasteiger partial charge >= 0.3 is 5.97 Å². The van der Waals surface area contributed by atoms with Crippen molar-refractivity contribution in [2.24, 2.45) is 34.5 Å². The number of halogens is 1. The van der Waals surface area contributed by atoms with Crippen molar-refractivity contribution in [3.63, 3.8) is 0 Å². The third-order valence-electron chi connectivity index (χ3n) is 8.93. The van der Waals surface area contributed by atoms with Gasteiger partial charge in [0.2, 0.25) is 0 Å². The van der Waals surface area contributed by atoms with Crippen molar-refractivity contribution in [3.8, 4) is 0 Å². The van der Waals surface area contributed by atoms with E-state index in [9.17, 15) is 14.4 Å². The molecule has 4 aliphatic carbocycles. The average Bonchev–Trinajstić information content (AvgIpc) is 2.85. The first-order valence-corrected chi connectivity index (χ1v) is 11.2. The van der Waals surface area contributed by atoms with Gasteiger partial charge in [0.1, 0.15) is 0 Å². The normalized spacial score (nSPS) is 46.1. The van der Waals surface area contributed by atoms with Gasteiger partial charge in [0.25, 0.3) is 0 Å². The fourth-order valence-electron chi connectivity index (χ4n) is 7.67. The van der Waals surface area contributed by atoms with Crippen molar-refractivity contribution in [1.29, 1.82) is 0 Å². The number of ether oxygens (including phenoxy) is 1. The van der Waals surface area contributed by atoms with Crippen molar-refractivity contribution in [2.45, 2.75) is 72.3 Å². The van der Waals surface area contributed by atoms with E-state index in [4.69, 9.17) is 16.3 Å². The second-order valence-electron chi connectivity index (χ2n) is 10.2. The van der Waals surface area contributed by atoms with Crippen LogP contribution in [0.5, 0.6) is 0 Å². The largest absolute Gasteiger partial charge is 0.450 e. The molecular formula is C24H31ClO4. The molecule has 0 saturated heterocycles. The Kier molecular flexibility index (Phi) is 4.70. The summed E-state index contributed by atoms with van der Waals surface area (Å²) >= 11 is 6.74. The zero-order valence-corrected chi connectivity index (χ0v) is 18.8. The van der Waals surface area contributed by atoms with Crippen molar-refractivity contribution >= 4 is 29.1 Å². The summed E-state index contributed by atoms with van der Waals surface area (Å²) in [7, 11) is 0. The molecular weight excluding hydrogens is 388 g/mol. The van der Waals surface area contributed by atoms with E-state index in [1.807, 2.05) is 6.92 Å². The van der Waals surface area contributed by atoms with Gasteiger partial charge < -0.3 is 4.74 Å². The SMILES string of the molecule is CC(=O)O[C@]1(C(C)=O)[C@H](C)C[C@H]2C3C=C(Cl)C4=CC(=O)CCC4(C)[C@H]3CCC21C. The second-order valence-corrected chi connectivity index (χ2v) is 10.6. The van der Waals surface area contributed by atoms with Gasteiger partial charge in [0, 0.05) is 29.7 Å². The highest BCUT2D eigenvalue weighted by Gasteiger charge is 2.70. The summed E-state index contributed by atoms with van der Waals surface area (Å²) in [6.07, 6.45) is 7.88. The second kappa shape index (κ2) is 6.54. The summed E-state index contributed by atoms with van der Waals surface area (Å²) in [6.45, 7) is 9.40. The van der Waals surface area contributed by atoms with Crippen LogP contribution in [0.15, 0.2) is 22.8 Å². The van der Waals surface area contributed by atoms with Crippen LogP contribution in [0.1, 0.15) is 66.7 Å². The summed E-state index contributed by atoms with van der Waals surface area (Å²) in [5.41, 5.74) is -0.614. The van der Waals surface area contributed by atoms with Gasteiger partial charge in [-0.3, -0.25) is 14.4 Å². The molecule has 0 bridgehead atoms. The van der Waals surface area contributed by atoms with Crippen LogP contribution in [0.2, 0.25) is 0 Å². The monoisotopic (exact) mass is 418 g/mol. The highest BCUT2D eigenvalue weighted by molar-refractivity contribution is 6.32. The molecule has 4 aliphatic rings. The summed E-state index contributed by atoms with van der Waals surface area (Å²) in [5, 5.41) is 0.687. The number of hydrogen-bond donors (Lipinski definition) is 0. The molecule has 0 spiro atoms. The number of carbonyl (C=O) groups excluding carboxylic acids is 3. The molecule has 158 valence electrons. The van der Waals surface area contributed by atoms with Gasteiger partial charge in [0.15, 0.2) is 17.2 Å². The third kappa shape index (κ3) is 2.60. The summed E-state index contributed by atoms with van der Waals surface area (Å²) < 4.78 is 5.90. The Balaban J connectivity index is 1.83. The minimum Gasteiger partial charge on any atom is -0.450 e. The maximum absolute atomic E-state index is 13.0. The first kappa shape index (κ1) is 20.8. The van der Waals surface area contributed by atoms with E-state index in [0.29, 0.717) is 17.4 Å². The lowest BCUT2D eigenvalue weighted by atomic mass is 9.48. The summed E-state index contributed by atoms with van der Waals surface area (Å²) in [4.78, 5) is 37.0. The van der Waals surface area contributed by atoms with E-state index in [-0.39, 0.29) is 34.7 Å². The fourth-order valence-corrected chi connectivity index (χ4v) is 8.08. The molecule has 0 heterocycles. The highest BCUT2D eigenvalue weighted by Crippen LogP contribution is 2.69. The summed E-state index contributed by atoms with van der Waals surface area (Å²) in [5.74, 6) is 0.487. The predicted octanol–water partition coefficient (Wildman–Crippen LogP) is 5.00. The smallest absolute Gasteiger partial charge is 0.303 e. The molecule has 0 radical (unpaired) electrons. The fraction of sp³-hybridized carbons (Fsp3) is 0.708. The summed E-state index contributed by atoms with van der Waals surface area (Å²) in [6, 6.07) is 0. The number of rotatable bonds is 2. The first-order chi connectivity index (χ1) is 13.5. The Bertz CT molecular complexity index is 857. The lowest BCUT2D eigenvalue weighted by molar-refractivity contribution is -0.190. The van der Waals surface area contributed by atoms with E-state index in [2.05, 4.69) is 19.9 Å². The molecule has 29 heavy (non-hydrogen) atoms. The van der Waals surface area contributed by atoms with Crippen LogP contribution >= 0.6 is 11.6 Å². The molecule has 7 atom stereocenters. The van der Waals surface area contributed by atoms with Crippen molar-refractivity contribution < 1.29 is 19.1 Å². The van der Waals surface area contributed by atoms with Crippen LogP contribution in [0.4, 0.5) is 0 Å². The van der Waals surface area contributed by atoms with Gasteiger partial charge in [-0.1, -0.05) is 38.4 Å². The van der Waals surface area contributed by atoms with E-state index in [1.54, 1.807) is 13.0 Å². The number of hydrogen-bond acceptors (Lipinski definition) is 4. The van der Waals surface area contributed by atoms with Crippen LogP contribution in [0.25, 0.3) is 0 Å². The highest BCUT2D eigenvalue weighted by atomic mass is 35.5. The molecule has 2 fully saturated rings. The van der Waals surface area contributed by atoms with Crippen LogP contribution in [0.3, 0.4) is 0 Å². The van der Waals surface area contributed by atoms with Crippen molar-refractivity contribution in [1.82, 2.24) is 0 Å². The standard InChI is InChI=1S/C24H31ClO4/c1-13-10-19-17-12-21(25)20-11-16(28)6-8-22(20,4)18(17)7-9-23(19,5)24(13,14(2)26)29-15(3)27/h11-13,17-19H,6-10H2,1-5H3/t13-,17?,18+,19+,22?,23?,24+/m1/s1. The number of Topliss-reactive ketones (excluding diaryl/α,β-unsaturated/α-hetero) is 1. The minimum atomic E-state index is -1.08. The van der Waals surface area contributed by atoms with Gasteiger partial charge in [-0.15, -0.1) is 0 Å². The van der Waals surface area contributed by atoms with Crippen LogP contribution < -0.4 is 0 Å². The molecule has 4 nitrogen and oxygen atoms in total. The quantitative estimate of drug-likeness (QED) is 0.592. The van der Waals surface area contributed by atoms with Gasteiger partial charge in [-0.05, 0) is 67.4 Å². The number of allylic oxidation sites excluding steroid dienone is 4. The molecule has 5 heteroatoms. The van der Waals surface area contributed by atoms with Crippen LogP contribution in [-0.2, 0) is 19.1 Å². The average molecular weight is 419 g/mol. The lowest BCUT2D eigenvalue weighted by Gasteiger charge is -2.57. The molecule has 0 aromatic rings. The predicted molar refractivity (Wildman–Crippen MR) is 111 cm³/mol. The molecule has 2 saturated carbocycles. The van der Waals surface area contributed by atoms with Crippen molar-refractivity contribution in [3.05, 3.63) is 22.8 Å². The molecule has 0 aromatic carbocycles. The maximum atomic E-state index is 13.0. The Morgan fingerprint density at radius 2 is 1.86 bits per heavy atom. The van der Waals surface area contributed by atoms with Crippen LogP contribution in [0, 0.1) is 34.5 Å². The van der Waals surface area contributed by atoms with Gasteiger partial charge in [-0.25, -0.2) is 0 Å². The molecule has 0 N–H and O–H groups in total. The minimum absolute atomic E-state index is 0.0393. The molecule has 3 unspecified atom stereocenters. The topological polar surface area (TPSA) is 60.4 Å². The van der Waals surface area contributed by atoms with Crippen LogP contribution in [-0.4, -0.2) is 23.1 Å². The number of carbonyl (C=O) groups is 3. The third-order valence-corrected chi connectivity index (χ3v) is 9.26. The zero-order chi connectivity index (χ0) is 21.4. The Morgan fingerprint density at radius 3 is 2.48 bits per heavy atom. The molecule has 0 aromatic heterocycles. The Labute approximate surface area is 178 Å². The maximum Gasteiger partial charge on any atom is 0.303 e. The van der Waals surface area contributed by atoms with Gasteiger partial charge in [-0.2, -0.15) is 0 Å². The molecule has 4 rings (SSSR count). The first-order valence-electron chi connectivity index (χ1n) is 10.8. The Hall–Kier alpha value is -1.42. The van der Waals surface area contributed by atoms with E-state index >= 15 is 0 Å². The molecule has 0 amide bonds. The number of fused-ring (bicyclic) bond motifs is 5. The van der Waals surface area contributed by atoms with E-state index < -0.39 is 17.0 Å². The van der Waals surface area contributed by atoms with E-state index in [1.165, 1.54) is 6.92 Å². The van der Waals surface area contributed by atoms with Gasteiger partial charge in [0.05, 0.1) is 0 Å². The molecule has 0 aliphatic heterocycles. The van der Waals surface area contributed by atoms with Crippen molar-refractivity contribution in [2.75, 3.05) is 0 Å². The zero-order valence-electron chi connectivity index (χ0n) is 18.0. The Morgan fingerprint density at radius 1 is 1.17 bits per heavy atom.